The number of hydrogen-bond acceptors (Lipinski definition) is 6. The molecular weight excluding hydrogens is 418 g/mol. The molecular formula is C20H31N7O5. The molecule has 3 atom stereocenters. The van der Waals surface area contributed by atoms with Gasteiger partial charge in [0.05, 0.1) is 12.6 Å². The third-order valence-corrected chi connectivity index (χ3v) is 4.33. The fraction of sp³-hybridized carbons (Fsp3) is 0.450. The van der Waals surface area contributed by atoms with Crippen LogP contribution in [-0.2, 0) is 25.6 Å². The summed E-state index contributed by atoms with van der Waals surface area (Å²) in [5, 5.41) is 16.6. The molecule has 10 N–H and O–H groups in total. The van der Waals surface area contributed by atoms with E-state index in [1.807, 2.05) is 6.07 Å². The second kappa shape index (κ2) is 13.6. The number of carbonyl (C=O) groups excluding carboxylic acids is 3. The molecule has 0 saturated heterocycles. The van der Waals surface area contributed by atoms with Crippen molar-refractivity contribution in [1.82, 2.24) is 16.0 Å². The Morgan fingerprint density at radius 3 is 2.25 bits per heavy atom. The summed E-state index contributed by atoms with van der Waals surface area (Å²) in [5.41, 5.74) is 16.8. The molecule has 0 aromatic heterocycles. The number of aliphatic imine (C=N–C) groups is 1. The molecule has 0 aliphatic heterocycles. The first-order chi connectivity index (χ1) is 15.1. The molecule has 0 fully saturated rings. The monoisotopic (exact) mass is 449 g/mol. The maximum absolute atomic E-state index is 12.6. The average molecular weight is 450 g/mol. The molecule has 12 nitrogen and oxygen atoms in total. The van der Waals surface area contributed by atoms with Gasteiger partial charge in [-0.15, -0.1) is 0 Å². The van der Waals surface area contributed by atoms with E-state index in [0.717, 1.165) is 5.56 Å². The van der Waals surface area contributed by atoms with Crippen LogP contribution in [-0.4, -0.2) is 66.0 Å². The van der Waals surface area contributed by atoms with Crippen LogP contribution in [0.2, 0.25) is 0 Å². The number of rotatable bonds is 13. The van der Waals surface area contributed by atoms with Crippen LogP contribution in [0.15, 0.2) is 35.3 Å². The summed E-state index contributed by atoms with van der Waals surface area (Å²) >= 11 is 0. The van der Waals surface area contributed by atoms with Gasteiger partial charge >= 0.3 is 5.97 Å². The van der Waals surface area contributed by atoms with Gasteiger partial charge in [0, 0.05) is 13.0 Å². The summed E-state index contributed by atoms with van der Waals surface area (Å²) in [4.78, 5) is 51.8. The Morgan fingerprint density at radius 2 is 1.69 bits per heavy atom. The number of nitrogens with one attached hydrogen (secondary N) is 3. The van der Waals surface area contributed by atoms with Crippen molar-refractivity contribution < 1.29 is 24.3 Å². The SMILES string of the molecule is CC(N)C(=O)NC(Cc1ccccc1)C(=O)NCC(=O)NC(CCCN=C(N)N)C(=O)O. The largest absolute Gasteiger partial charge is 0.480 e. The third kappa shape index (κ3) is 10.4. The van der Waals surface area contributed by atoms with Gasteiger partial charge in [0.1, 0.15) is 12.1 Å². The molecule has 32 heavy (non-hydrogen) atoms. The van der Waals surface area contributed by atoms with Crippen molar-refractivity contribution in [3.63, 3.8) is 0 Å². The number of nitrogens with two attached hydrogens (primary N) is 3. The number of carboxylic acid groups (broad SMARTS) is 1. The molecule has 3 unspecified atom stereocenters. The summed E-state index contributed by atoms with van der Waals surface area (Å²) < 4.78 is 0. The fourth-order valence-electron chi connectivity index (χ4n) is 2.66. The van der Waals surface area contributed by atoms with Crippen LogP contribution in [0.1, 0.15) is 25.3 Å². The Labute approximate surface area is 186 Å². The third-order valence-electron chi connectivity index (χ3n) is 4.33. The van der Waals surface area contributed by atoms with Crippen LogP contribution in [0, 0.1) is 0 Å². The van der Waals surface area contributed by atoms with E-state index in [0.29, 0.717) is 6.42 Å². The maximum atomic E-state index is 12.6. The van der Waals surface area contributed by atoms with Gasteiger partial charge in [0.2, 0.25) is 17.7 Å². The Hall–Kier alpha value is -3.67. The molecule has 0 radical (unpaired) electrons. The Bertz CT molecular complexity index is 810. The van der Waals surface area contributed by atoms with Crippen LogP contribution in [0.3, 0.4) is 0 Å². The molecule has 3 amide bonds. The fourth-order valence-corrected chi connectivity index (χ4v) is 2.66. The maximum Gasteiger partial charge on any atom is 0.326 e. The predicted molar refractivity (Wildman–Crippen MR) is 118 cm³/mol. The number of carboxylic acids is 1. The van der Waals surface area contributed by atoms with Crippen molar-refractivity contribution in [2.45, 2.75) is 44.3 Å². The number of amides is 3. The zero-order valence-corrected chi connectivity index (χ0v) is 17.9. The molecule has 0 saturated carbocycles. The molecule has 0 aliphatic rings. The second-order valence-electron chi connectivity index (χ2n) is 7.16. The highest BCUT2D eigenvalue weighted by Crippen LogP contribution is 2.04. The lowest BCUT2D eigenvalue weighted by atomic mass is 10.0. The molecule has 0 spiro atoms. The zero-order chi connectivity index (χ0) is 24.1. The van der Waals surface area contributed by atoms with Crippen molar-refractivity contribution in [2.75, 3.05) is 13.1 Å². The number of aliphatic carboxylic acids is 1. The summed E-state index contributed by atoms with van der Waals surface area (Å²) in [5.74, 6) is -3.13. The molecule has 0 bridgehead atoms. The highest BCUT2D eigenvalue weighted by atomic mass is 16.4. The van der Waals surface area contributed by atoms with Crippen LogP contribution in [0.4, 0.5) is 0 Å². The first kappa shape index (κ1) is 26.4. The molecule has 1 rings (SSSR count). The summed E-state index contributed by atoms with van der Waals surface area (Å²) in [6, 6.07) is 6.06. The summed E-state index contributed by atoms with van der Waals surface area (Å²) in [7, 11) is 0. The van der Waals surface area contributed by atoms with Crippen molar-refractivity contribution in [3.8, 4) is 0 Å². The van der Waals surface area contributed by atoms with Gasteiger partial charge in [-0.3, -0.25) is 19.4 Å². The van der Waals surface area contributed by atoms with Gasteiger partial charge in [-0.25, -0.2) is 4.79 Å². The van der Waals surface area contributed by atoms with Crippen molar-refractivity contribution >= 4 is 29.7 Å². The minimum Gasteiger partial charge on any atom is -0.480 e. The Balaban J connectivity index is 2.66. The predicted octanol–water partition coefficient (Wildman–Crippen LogP) is -2.20. The highest BCUT2D eigenvalue weighted by molar-refractivity contribution is 5.92. The van der Waals surface area contributed by atoms with E-state index in [1.165, 1.54) is 6.92 Å². The van der Waals surface area contributed by atoms with E-state index in [2.05, 4.69) is 20.9 Å². The molecule has 1 aromatic carbocycles. The summed E-state index contributed by atoms with van der Waals surface area (Å²) in [6.07, 6.45) is 0.631. The van der Waals surface area contributed by atoms with Gasteiger partial charge in [-0.1, -0.05) is 30.3 Å². The number of nitrogens with zero attached hydrogens (tertiary/aromatic N) is 1. The normalized spacial score (nSPS) is 13.2. The van der Waals surface area contributed by atoms with Gasteiger partial charge in [-0.05, 0) is 25.3 Å². The first-order valence-electron chi connectivity index (χ1n) is 10.0. The van der Waals surface area contributed by atoms with E-state index < -0.39 is 48.4 Å². The van der Waals surface area contributed by atoms with Crippen LogP contribution in [0.25, 0.3) is 0 Å². The average Bonchev–Trinajstić information content (AvgIpc) is 2.73. The number of guanidine groups is 1. The van der Waals surface area contributed by atoms with E-state index in [1.54, 1.807) is 24.3 Å². The minimum atomic E-state index is -1.22. The lowest BCUT2D eigenvalue weighted by molar-refractivity contribution is -0.142. The first-order valence-corrected chi connectivity index (χ1v) is 10.0. The molecule has 0 heterocycles. The molecule has 1 aromatic rings. The van der Waals surface area contributed by atoms with Crippen molar-refractivity contribution in [3.05, 3.63) is 35.9 Å². The highest BCUT2D eigenvalue weighted by Gasteiger charge is 2.24. The second-order valence-corrected chi connectivity index (χ2v) is 7.16. The molecule has 12 heteroatoms. The Kier molecular flexibility index (Phi) is 11.2. The van der Waals surface area contributed by atoms with Crippen molar-refractivity contribution in [2.24, 2.45) is 22.2 Å². The number of benzene rings is 1. The van der Waals surface area contributed by atoms with Crippen LogP contribution in [0.5, 0.6) is 0 Å². The van der Waals surface area contributed by atoms with Crippen LogP contribution < -0.4 is 33.2 Å². The minimum absolute atomic E-state index is 0.104. The lowest BCUT2D eigenvalue weighted by Crippen LogP contribution is -2.53. The number of hydrogen-bond donors (Lipinski definition) is 7. The number of carbonyl (C=O) groups is 4. The molecule has 0 aliphatic carbocycles. The smallest absolute Gasteiger partial charge is 0.326 e. The molecule has 176 valence electrons. The zero-order valence-electron chi connectivity index (χ0n) is 17.9. The van der Waals surface area contributed by atoms with Gasteiger partial charge in [-0.2, -0.15) is 0 Å². The van der Waals surface area contributed by atoms with Gasteiger partial charge < -0.3 is 38.3 Å². The summed E-state index contributed by atoms with van der Waals surface area (Å²) in [6.45, 7) is 1.24. The van der Waals surface area contributed by atoms with Gasteiger partial charge in [0.15, 0.2) is 5.96 Å². The van der Waals surface area contributed by atoms with E-state index in [-0.39, 0.29) is 25.3 Å². The van der Waals surface area contributed by atoms with E-state index in [9.17, 15) is 24.3 Å². The standard InChI is InChI=1S/C20H31N7O5/c1-12(21)17(29)27-15(10-13-6-3-2-4-7-13)18(30)25-11-16(28)26-14(19(31)32)8-5-9-24-20(22)23/h2-4,6-7,12,14-15H,5,8-11,21H2,1H3,(H,25,30)(H,26,28)(H,27,29)(H,31,32)(H4,22,23,24). The van der Waals surface area contributed by atoms with Crippen molar-refractivity contribution in [1.29, 1.82) is 0 Å². The van der Waals surface area contributed by atoms with Crippen LogP contribution >= 0.6 is 0 Å². The lowest BCUT2D eigenvalue weighted by Gasteiger charge is -2.20. The quantitative estimate of drug-likeness (QED) is 0.0993. The Morgan fingerprint density at radius 1 is 1.03 bits per heavy atom. The van der Waals surface area contributed by atoms with E-state index in [4.69, 9.17) is 17.2 Å². The topological polar surface area (TPSA) is 215 Å². The van der Waals surface area contributed by atoms with E-state index >= 15 is 0 Å². The van der Waals surface area contributed by atoms with Gasteiger partial charge in [0.25, 0.3) is 0 Å².